The molecule has 118 valence electrons. The Morgan fingerprint density at radius 3 is 2.78 bits per heavy atom. The molecule has 0 spiro atoms. The summed E-state index contributed by atoms with van der Waals surface area (Å²) in [5.41, 5.74) is 4.14. The van der Waals surface area contributed by atoms with Crippen LogP contribution in [0.4, 0.5) is 0 Å². The molecule has 0 aliphatic rings. The number of rotatable bonds is 6. The van der Waals surface area contributed by atoms with E-state index < -0.39 is 18.5 Å². The van der Waals surface area contributed by atoms with Crippen LogP contribution in [-0.4, -0.2) is 34.8 Å². The minimum Gasteiger partial charge on any atom is -0.481 e. The third kappa shape index (κ3) is 4.92. The molecule has 7 heteroatoms. The highest BCUT2D eigenvalue weighted by Crippen LogP contribution is 2.15. The van der Waals surface area contributed by atoms with Crippen LogP contribution in [0.5, 0.6) is 5.75 Å². The van der Waals surface area contributed by atoms with Gasteiger partial charge in [-0.25, -0.2) is 10.2 Å². The number of nitrogens with one attached hydrogen (secondary N) is 1. The normalized spacial score (nSPS) is 10.5. The predicted octanol–water partition coefficient (Wildman–Crippen LogP) is 1.62. The Labute approximate surface area is 132 Å². The first-order valence-corrected chi connectivity index (χ1v) is 6.76. The van der Waals surface area contributed by atoms with Gasteiger partial charge < -0.3 is 9.84 Å². The lowest BCUT2D eigenvalue weighted by molar-refractivity contribution is -0.139. The van der Waals surface area contributed by atoms with E-state index in [0.717, 1.165) is 5.69 Å². The molecular weight excluding hydrogens is 298 g/mol. The first-order valence-electron chi connectivity index (χ1n) is 6.76. The van der Waals surface area contributed by atoms with E-state index in [1.807, 2.05) is 6.92 Å². The minimum atomic E-state index is -1.07. The zero-order valence-corrected chi connectivity index (χ0v) is 12.4. The summed E-state index contributed by atoms with van der Waals surface area (Å²) < 4.78 is 5.14. The fourth-order valence-corrected chi connectivity index (χ4v) is 1.69. The van der Waals surface area contributed by atoms with E-state index in [0.29, 0.717) is 16.9 Å². The van der Waals surface area contributed by atoms with Crippen LogP contribution >= 0.6 is 0 Å². The van der Waals surface area contributed by atoms with Gasteiger partial charge in [-0.3, -0.25) is 9.78 Å². The van der Waals surface area contributed by atoms with Crippen LogP contribution < -0.4 is 10.2 Å². The van der Waals surface area contributed by atoms with Crippen LogP contribution in [0.3, 0.4) is 0 Å². The Morgan fingerprint density at radius 1 is 1.30 bits per heavy atom. The minimum absolute atomic E-state index is 0.366. The number of pyridine rings is 1. The maximum Gasteiger partial charge on any atom is 0.341 e. The third-order valence-electron chi connectivity index (χ3n) is 2.81. The summed E-state index contributed by atoms with van der Waals surface area (Å²) in [6.45, 7) is 1.38. The van der Waals surface area contributed by atoms with Crippen molar-refractivity contribution in [1.82, 2.24) is 10.4 Å². The average molecular weight is 313 g/mol. The molecule has 2 aromatic rings. The summed E-state index contributed by atoms with van der Waals surface area (Å²) in [7, 11) is 0. The van der Waals surface area contributed by atoms with E-state index in [1.165, 1.54) is 12.4 Å². The molecule has 0 aliphatic heterocycles. The third-order valence-corrected chi connectivity index (χ3v) is 2.81. The molecule has 2 rings (SSSR count). The number of amides is 1. The average Bonchev–Trinajstić information content (AvgIpc) is 2.54. The highest BCUT2D eigenvalue weighted by Gasteiger charge is 2.05. The van der Waals surface area contributed by atoms with Gasteiger partial charge in [-0.1, -0.05) is 12.1 Å². The molecule has 0 saturated heterocycles. The predicted molar refractivity (Wildman–Crippen MR) is 83.6 cm³/mol. The number of carboxylic acids is 1. The van der Waals surface area contributed by atoms with Crippen LogP contribution in [-0.2, 0) is 4.79 Å². The summed E-state index contributed by atoms with van der Waals surface area (Å²) in [4.78, 5) is 26.5. The fourth-order valence-electron chi connectivity index (χ4n) is 1.69. The van der Waals surface area contributed by atoms with Crippen molar-refractivity contribution < 1.29 is 19.4 Å². The van der Waals surface area contributed by atoms with E-state index in [1.54, 1.807) is 36.4 Å². The number of hydrogen-bond donors (Lipinski definition) is 2. The fraction of sp³-hybridized carbons (Fsp3) is 0.125. The Morgan fingerprint density at radius 2 is 2.09 bits per heavy atom. The Balaban J connectivity index is 2.01. The lowest BCUT2D eigenvalue weighted by atomic mass is 10.2. The van der Waals surface area contributed by atoms with Crippen molar-refractivity contribution in [1.29, 1.82) is 0 Å². The van der Waals surface area contributed by atoms with Crippen LogP contribution in [0.1, 0.15) is 21.6 Å². The van der Waals surface area contributed by atoms with Gasteiger partial charge in [-0.05, 0) is 31.2 Å². The van der Waals surface area contributed by atoms with Gasteiger partial charge in [0.05, 0.1) is 11.8 Å². The van der Waals surface area contributed by atoms with Crippen molar-refractivity contribution >= 4 is 18.1 Å². The number of aromatic nitrogens is 1. The number of para-hydroxylation sites is 1. The summed E-state index contributed by atoms with van der Waals surface area (Å²) >= 11 is 0. The number of carboxylic acid groups (broad SMARTS) is 1. The zero-order chi connectivity index (χ0) is 16.7. The topological polar surface area (TPSA) is 101 Å². The molecule has 7 nitrogen and oxygen atoms in total. The lowest BCUT2D eigenvalue weighted by Gasteiger charge is -2.06. The number of ether oxygens (including phenoxy) is 1. The number of aliphatic carboxylic acids is 1. The van der Waals surface area contributed by atoms with Gasteiger partial charge in [0.25, 0.3) is 5.91 Å². The Kier molecular flexibility index (Phi) is 5.40. The second-order valence-corrected chi connectivity index (χ2v) is 4.61. The molecule has 1 amide bonds. The van der Waals surface area contributed by atoms with Crippen molar-refractivity contribution in [2.45, 2.75) is 6.92 Å². The van der Waals surface area contributed by atoms with Gasteiger partial charge in [-0.2, -0.15) is 5.10 Å². The monoisotopic (exact) mass is 313 g/mol. The molecular formula is C16H15N3O4. The highest BCUT2D eigenvalue weighted by atomic mass is 16.5. The van der Waals surface area contributed by atoms with Gasteiger partial charge in [0, 0.05) is 17.5 Å². The smallest absolute Gasteiger partial charge is 0.341 e. The first-order chi connectivity index (χ1) is 11.1. The van der Waals surface area contributed by atoms with Crippen molar-refractivity contribution in [3.05, 3.63) is 59.4 Å². The van der Waals surface area contributed by atoms with E-state index in [-0.39, 0.29) is 0 Å². The number of benzene rings is 1. The maximum atomic E-state index is 11.9. The van der Waals surface area contributed by atoms with Crippen LogP contribution in [0, 0.1) is 6.92 Å². The molecule has 0 bridgehead atoms. The van der Waals surface area contributed by atoms with Crippen LogP contribution in [0.2, 0.25) is 0 Å². The molecule has 0 saturated carbocycles. The van der Waals surface area contributed by atoms with Gasteiger partial charge in [0.15, 0.2) is 6.61 Å². The second-order valence-electron chi connectivity index (χ2n) is 4.61. The number of aryl methyl sites for hydroxylation is 1. The number of hydrazone groups is 1. The van der Waals surface area contributed by atoms with Gasteiger partial charge in [0.2, 0.25) is 0 Å². The maximum absolute atomic E-state index is 11.9. The molecule has 1 aromatic carbocycles. The standard InChI is InChI=1S/C16H15N3O4/c1-11-6-7-13(8-17-11)16(22)19-18-9-12-4-2-3-5-14(12)23-10-15(20)21/h2-9H,10H2,1H3,(H,19,22)(H,20,21)/b18-9-. The van der Waals surface area contributed by atoms with Gasteiger partial charge in [-0.15, -0.1) is 0 Å². The summed E-state index contributed by atoms with van der Waals surface area (Å²) in [5, 5.41) is 12.5. The second kappa shape index (κ2) is 7.69. The Hall–Kier alpha value is -3.22. The SMILES string of the molecule is Cc1ccc(C(=O)N/N=C\c2ccccc2OCC(=O)O)cn1. The van der Waals surface area contributed by atoms with Gasteiger partial charge >= 0.3 is 5.97 Å². The van der Waals surface area contributed by atoms with E-state index in [2.05, 4.69) is 15.5 Å². The molecule has 1 aromatic heterocycles. The van der Waals surface area contributed by atoms with Crippen molar-refractivity contribution in [3.63, 3.8) is 0 Å². The lowest BCUT2D eigenvalue weighted by Crippen LogP contribution is -2.18. The zero-order valence-electron chi connectivity index (χ0n) is 12.4. The molecule has 0 atom stereocenters. The molecule has 2 N–H and O–H groups in total. The van der Waals surface area contributed by atoms with Crippen molar-refractivity contribution in [2.24, 2.45) is 5.10 Å². The Bertz CT molecular complexity index is 726. The van der Waals surface area contributed by atoms with Crippen LogP contribution in [0.25, 0.3) is 0 Å². The van der Waals surface area contributed by atoms with E-state index >= 15 is 0 Å². The highest BCUT2D eigenvalue weighted by molar-refractivity contribution is 5.94. The van der Waals surface area contributed by atoms with Gasteiger partial charge in [0.1, 0.15) is 5.75 Å². The summed E-state index contributed by atoms with van der Waals surface area (Å²) in [6, 6.07) is 10.2. The van der Waals surface area contributed by atoms with Crippen molar-refractivity contribution in [3.8, 4) is 5.75 Å². The number of carbonyl (C=O) groups excluding carboxylic acids is 1. The summed E-state index contributed by atoms with van der Waals surface area (Å²) in [5.74, 6) is -1.10. The number of nitrogens with zero attached hydrogens (tertiary/aromatic N) is 2. The molecule has 0 aliphatic carbocycles. The first kappa shape index (κ1) is 16.2. The quantitative estimate of drug-likeness (QED) is 0.623. The molecule has 0 unspecified atom stereocenters. The number of hydrogen-bond acceptors (Lipinski definition) is 5. The molecule has 0 fully saturated rings. The molecule has 1 heterocycles. The van der Waals surface area contributed by atoms with Crippen LogP contribution in [0.15, 0.2) is 47.7 Å². The summed E-state index contributed by atoms with van der Waals surface area (Å²) in [6.07, 6.45) is 2.85. The van der Waals surface area contributed by atoms with Crippen molar-refractivity contribution in [2.75, 3.05) is 6.61 Å². The largest absolute Gasteiger partial charge is 0.481 e. The van der Waals surface area contributed by atoms with E-state index in [9.17, 15) is 9.59 Å². The molecule has 0 radical (unpaired) electrons. The molecule has 23 heavy (non-hydrogen) atoms. The number of carbonyl (C=O) groups is 2. The van der Waals surface area contributed by atoms with E-state index in [4.69, 9.17) is 9.84 Å².